The number of hydrogen-bond acceptors (Lipinski definition) is 3. The van der Waals surface area contributed by atoms with Crippen LogP contribution in [0.15, 0.2) is 11.1 Å². The monoisotopic (exact) mass is 344 g/mol. The van der Waals surface area contributed by atoms with Gasteiger partial charge in [-0.25, -0.2) is 0 Å². The standard InChI is InChI=1S/C22H32O3/c1-11-9-13-15-6-5-14(12(2)23)21(15,3)8-7-16(13)22(4)17(11)10-18(24)19-20(22)25-19/h13-16,18-20,24H,5-10H2,1-4H3/t13-,14+,15-,16-,18?,19?,20?,21+,22+/m0/s1. The third-order valence-corrected chi connectivity index (χ3v) is 9.31. The van der Waals surface area contributed by atoms with Gasteiger partial charge in [0.05, 0.1) is 12.2 Å². The van der Waals surface area contributed by atoms with Gasteiger partial charge in [0.25, 0.3) is 0 Å². The Morgan fingerprint density at radius 2 is 1.92 bits per heavy atom. The first-order valence-corrected chi connectivity index (χ1v) is 10.3. The number of rotatable bonds is 1. The maximum atomic E-state index is 12.3. The third-order valence-electron chi connectivity index (χ3n) is 9.31. The molecule has 1 aliphatic heterocycles. The number of carbonyl (C=O) groups excluding carboxylic acids is 1. The highest BCUT2D eigenvalue weighted by Gasteiger charge is 2.68. The minimum Gasteiger partial charge on any atom is -0.390 e. The van der Waals surface area contributed by atoms with E-state index in [0.29, 0.717) is 23.5 Å². The van der Waals surface area contributed by atoms with Gasteiger partial charge in [0, 0.05) is 11.3 Å². The fourth-order valence-electron chi connectivity index (χ4n) is 8.15. The molecule has 5 aliphatic rings. The maximum Gasteiger partial charge on any atom is 0.133 e. The summed E-state index contributed by atoms with van der Waals surface area (Å²) in [4.78, 5) is 12.3. The molecular weight excluding hydrogens is 312 g/mol. The minimum atomic E-state index is -0.304. The molecule has 1 N–H and O–H groups in total. The van der Waals surface area contributed by atoms with Crippen molar-refractivity contribution in [2.24, 2.45) is 34.5 Å². The highest BCUT2D eigenvalue weighted by molar-refractivity contribution is 5.79. The third kappa shape index (κ3) is 1.92. The summed E-state index contributed by atoms with van der Waals surface area (Å²) in [6.07, 6.45) is 6.69. The Morgan fingerprint density at radius 3 is 2.64 bits per heavy atom. The van der Waals surface area contributed by atoms with Crippen LogP contribution in [-0.4, -0.2) is 29.2 Å². The summed E-state index contributed by atoms with van der Waals surface area (Å²) in [5.41, 5.74) is 3.34. The minimum absolute atomic E-state index is 0.0714. The molecule has 138 valence electrons. The maximum absolute atomic E-state index is 12.3. The summed E-state index contributed by atoms with van der Waals surface area (Å²) < 4.78 is 6.02. The number of ether oxygens (including phenoxy) is 1. The summed E-state index contributed by atoms with van der Waals surface area (Å²) >= 11 is 0. The molecule has 5 rings (SSSR count). The molecule has 3 unspecified atom stereocenters. The van der Waals surface area contributed by atoms with Crippen LogP contribution in [0.5, 0.6) is 0 Å². The molecule has 3 nitrogen and oxygen atoms in total. The molecule has 25 heavy (non-hydrogen) atoms. The normalized spacial score (nSPS) is 56.6. The first-order valence-electron chi connectivity index (χ1n) is 10.3. The molecule has 0 aromatic rings. The summed E-state index contributed by atoms with van der Waals surface area (Å²) in [7, 11) is 0. The van der Waals surface area contributed by atoms with Crippen LogP contribution in [-0.2, 0) is 9.53 Å². The van der Waals surface area contributed by atoms with E-state index < -0.39 is 0 Å². The summed E-state index contributed by atoms with van der Waals surface area (Å²) in [6.45, 7) is 8.94. The second-order valence-electron chi connectivity index (χ2n) is 10.2. The Hall–Kier alpha value is -0.670. The van der Waals surface area contributed by atoms with E-state index in [-0.39, 0.29) is 35.1 Å². The zero-order valence-electron chi connectivity index (χ0n) is 16.0. The fraction of sp³-hybridized carbons (Fsp3) is 0.864. The van der Waals surface area contributed by atoms with Crippen molar-refractivity contribution in [2.45, 2.75) is 84.5 Å². The van der Waals surface area contributed by atoms with Crippen LogP contribution in [0.1, 0.15) is 66.2 Å². The van der Waals surface area contributed by atoms with Gasteiger partial charge in [0.1, 0.15) is 11.9 Å². The van der Waals surface area contributed by atoms with Crippen molar-refractivity contribution in [1.29, 1.82) is 0 Å². The van der Waals surface area contributed by atoms with Gasteiger partial charge in [0.15, 0.2) is 0 Å². The Balaban J connectivity index is 1.55. The number of fused-ring (bicyclic) bond motifs is 7. The molecule has 0 aromatic carbocycles. The van der Waals surface area contributed by atoms with Crippen LogP contribution in [0.25, 0.3) is 0 Å². The van der Waals surface area contributed by atoms with Gasteiger partial charge in [0.2, 0.25) is 0 Å². The van der Waals surface area contributed by atoms with Gasteiger partial charge in [-0.2, -0.15) is 0 Å². The lowest BCUT2D eigenvalue weighted by molar-refractivity contribution is -0.127. The molecule has 9 atom stereocenters. The molecule has 3 heteroatoms. The average Bonchev–Trinajstić information content (AvgIpc) is 3.27. The summed E-state index contributed by atoms with van der Waals surface area (Å²) in [6, 6.07) is 0. The zero-order chi connectivity index (χ0) is 17.7. The number of allylic oxidation sites excluding steroid dienone is 1. The van der Waals surface area contributed by atoms with Crippen LogP contribution in [0.2, 0.25) is 0 Å². The van der Waals surface area contributed by atoms with E-state index in [0.717, 1.165) is 12.8 Å². The van der Waals surface area contributed by atoms with Gasteiger partial charge in [-0.05, 0) is 75.5 Å². The van der Waals surface area contributed by atoms with Crippen molar-refractivity contribution in [3.8, 4) is 0 Å². The van der Waals surface area contributed by atoms with Crippen molar-refractivity contribution in [3.05, 3.63) is 11.1 Å². The van der Waals surface area contributed by atoms with E-state index in [1.54, 1.807) is 6.92 Å². The van der Waals surface area contributed by atoms with Crippen LogP contribution in [0.3, 0.4) is 0 Å². The van der Waals surface area contributed by atoms with E-state index in [1.165, 1.54) is 36.8 Å². The molecule has 4 fully saturated rings. The van der Waals surface area contributed by atoms with Gasteiger partial charge in [-0.1, -0.05) is 25.0 Å². The van der Waals surface area contributed by atoms with E-state index in [2.05, 4.69) is 20.8 Å². The Bertz CT molecular complexity index is 666. The number of aliphatic hydroxyl groups excluding tert-OH is 1. The van der Waals surface area contributed by atoms with E-state index >= 15 is 0 Å². The van der Waals surface area contributed by atoms with Crippen LogP contribution < -0.4 is 0 Å². The quantitative estimate of drug-likeness (QED) is 0.580. The van der Waals surface area contributed by atoms with E-state index in [4.69, 9.17) is 4.74 Å². The molecule has 0 amide bonds. The predicted octanol–water partition coefficient (Wildman–Crippen LogP) is 3.89. The first kappa shape index (κ1) is 16.5. The molecule has 1 saturated heterocycles. The predicted molar refractivity (Wildman–Crippen MR) is 95.9 cm³/mol. The highest BCUT2D eigenvalue weighted by Crippen LogP contribution is 2.69. The Labute approximate surface area is 151 Å². The van der Waals surface area contributed by atoms with Gasteiger partial charge in [-0.15, -0.1) is 0 Å². The lowest BCUT2D eigenvalue weighted by Crippen LogP contribution is -2.54. The van der Waals surface area contributed by atoms with Gasteiger partial charge in [-0.3, -0.25) is 4.79 Å². The number of aliphatic hydroxyl groups is 1. The van der Waals surface area contributed by atoms with E-state index in [9.17, 15) is 9.90 Å². The van der Waals surface area contributed by atoms with Gasteiger partial charge >= 0.3 is 0 Å². The average molecular weight is 344 g/mol. The van der Waals surface area contributed by atoms with Crippen molar-refractivity contribution in [2.75, 3.05) is 0 Å². The number of ketones is 1. The number of Topliss-reactive ketones (excluding diaryl/α,β-unsaturated/α-hetero) is 1. The smallest absolute Gasteiger partial charge is 0.133 e. The molecule has 3 saturated carbocycles. The van der Waals surface area contributed by atoms with Crippen LogP contribution >= 0.6 is 0 Å². The molecule has 1 heterocycles. The second-order valence-corrected chi connectivity index (χ2v) is 10.2. The van der Waals surface area contributed by atoms with Crippen LogP contribution in [0.4, 0.5) is 0 Å². The van der Waals surface area contributed by atoms with E-state index in [1.807, 2.05) is 0 Å². The molecule has 0 radical (unpaired) electrons. The van der Waals surface area contributed by atoms with Crippen molar-refractivity contribution < 1.29 is 14.6 Å². The SMILES string of the molecule is CC(=O)[C@H]1CC[C@H]2[C@@H]3CC(C)=C4CC(O)C5OC5[C@]4(C)[C@H]3CC[C@]12C. The molecular formula is C22H32O3. The molecule has 4 aliphatic carbocycles. The van der Waals surface area contributed by atoms with Crippen molar-refractivity contribution in [3.63, 3.8) is 0 Å². The molecule has 0 spiro atoms. The highest BCUT2D eigenvalue weighted by atomic mass is 16.6. The first-order chi connectivity index (χ1) is 11.8. The second kappa shape index (κ2) is 4.98. The number of epoxide rings is 1. The molecule has 0 bridgehead atoms. The summed E-state index contributed by atoms with van der Waals surface area (Å²) in [5.74, 6) is 2.71. The Morgan fingerprint density at radius 1 is 1.16 bits per heavy atom. The number of hydrogen-bond donors (Lipinski definition) is 1. The molecule has 0 aromatic heterocycles. The van der Waals surface area contributed by atoms with Crippen LogP contribution in [0, 0.1) is 34.5 Å². The van der Waals surface area contributed by atoms with Crippen molar-refractivity contribution in [1.82, 2.24) is 0 Å². The zero-order valence-corrected chi connectivity index (χ0v) is 16.0. The lowest BCUT2D eigenvalue weighted by Gasteiger charge is -2.58. The number of carbonyl (C=O) groups is 1. The topological polar surface area (TPSA) is 49.8 Å². The Kier molecular flexibility index (Phi) is 3.29. The fourth-order valence-corrected chi connectivity index (χ4v) is 8.15. The van der Waals surface area contributed by atoms with Crippen molar-refractivity contribution >= 4 is 5.78 Å². The van der Waals surface area contributed by atoms with Gasteiger partial charge < -0.3 is 9.84 Å². The summed E-state index contributed by atoms with van der Waals surface area (Å²) in [5, 5.41) is 10.4. The largest absolute Gasteiger partial charge is 0.390 e. The lowest BCUT2D eigenvalue weighted by atomic mass is 9.46.